The van der Waals surface area contributed by atoms with Crippen molar-refractivity contribution in [3.05, 3.63) is 59.7 Å². The molecule has 1 heterocycles. The van der Waals surface area contributed by atoms with Crippen molar-refractivity contribution in [2.75, 3.05) is 31.1 Å². The molecule has 0 radical (unpaired) electrons. The van der Waals surface area contributed by atoms with Gasteiger partial charge in [-0.25, -0.2) is 8.42 Å². The van der Waals surface area contributed by atoms with E-state index in [1.54, 1.807) is 24.3 Å². The molecule has 2 aromatic carbocycles. The molecule has 0 bridgehead atoms. The van der Waals surface area contributed by atoms with Gasteiger partial charge < -0.3 is 4.90 Å². The molecule has 0 amide bonds. The predicted octanol–water partition coefficient (Wildman–Crippen LogP) is 1.94. The lowest BCUT2D eigenvalue weighted by atomic mass is 10.2. The van der Waals surface area contributed by atoms with Crippen LogP contribution < -0.4 is 4.90 Å². The zero-order valence-corrected chi connectivity index (χ0v) is 14.3. The number of benzene rings is 2. The third-order valence-corrected chi connectivity index (χ3v) is 6.18. The predicted molar refractivity (Wildman–Crippen MR) is 93.3 cm³/mol. The van der Waals surface area contributed by atoms with Crippen LogP contribution in [0.15, 0.2) is 53.4 Å². The Morgan fingerprint density at radius 2 is 1.48 bits per heavy atom. The van der Waals surface area contributed by atoms with Crippen LogP contribution in [0.2, 0.25) is 0 Å². The molecular weight excluding hydrogens is 336 g/mol. The number of piperazine rings is 1. The van der Waals surface area contributed by atoms with Crippen LogP contribution >= 0.6 is 0 Å². The van der Waals surface area contributed by atoms with Gasteiger partial charge in [-0.1, -0.05) is 12.1 Å². The van der Waals surface area contributed by atoms with Gasteiger partial charge in [0.2, 0.25) is 10.0 Å². The van der Waals surface area contributed by atoms with Gasteiger partial charge >= 0.3 is 0 Å². The van der Waals surface area contributed by atoms with Gasteiger partial charge in [-0.15, -0.1) is 0 Å². The Kier molecular flexibility index (Phi) is 4.71. The Morgan fingerprint density at radius 1 is 0.840 bits per heavy atom. The van der Waals surface area contributed by atoms with Crippen molar-refractivity contribution in [2.24, 2.45) is 0 Å². The zero-order chi connectivity index (χ0) is 17.9. The van der Waals surface area contributed by atoms with Crippen molar-refractivity contribution < 1.29 is 8.42 Å². The first kappa shape index (κ1) is 17.0. The average molecular weight is 352 g/mol. The summed E-state index contributed by atoms with van der Waals surface area (Å²) >= 11 is 0. The second kappa shape index (κ2) is 6.94. The van der Waals surface area contributed by atoms with Crippen LogP contribution in [-0.2, 0) is 10.0 Å². The van der Waals surface area contributed by atoms with E-state index in [0.717, 1.165) is 5.69 Å². The van der Waals surface area contributed by atoms with Gasteiger partial charge in [0.1, 0.15) is 6.07 Å². The highest BCUT2D eigenvalue weighted by molar-refractivity contribution is 7.89. The lowest BCUT2D eigenvalue weighted by Crippen LogP contribution is -2.48. The van der Waals surface area contributed by atoms with E-state index in [0.29, 0.717) is 31.7 Å². The van der Waals surface area contributed by atoms with Crippen LogP contribution in [-0.4, -0.2) is 38.9 Å². The molecule has 0 N–H and O–H groups in total. The molecule has 3 rings (SSSR count). The molecule has 0 spiro atoms. The van der Waals surface area contributed by atoms with E-state index in [2.05, 4.69) is 11.0 Å². The minimum atomic E-state index is -3.68. The summed E-state index contributed by atoms with van der Waals surface area (Å²) in [5.74, 6) is 0. The fourth-order valence-corrected chi connectivity index (χ4v) is 4.42. The van der Waals surface area contributed by atoms with Gasteiger partial charge in [-0.2, -0.15) is 14.8 Å². The highest BCUT2D eigenvalue weighted by Crippen LogP contribution is 2.23. The van der Waals surface area contributed by atoms with Gasteiger partial charge in [0.25, 0.3) is 0 Å². The van der Waals surface area contributed by atoms with E-state index in [9.17, 15) is 8.42 Å². The summed E-state index contributed by atoms with van der Waals surface area (Å²) in [4.78, 5) is 2.15. The molecule has 126 valence electrons. The third-order valence-electron chi connectivity index (χ3n) is 4.23. The largest absolute Gasteiger partial charge is 0.369 e. The quantitative estimate of drug-likeness (QED) is 0.842. The van der Waals surface area contributed by atoms with Gasteiger partial charge in [-0.3, -0.25) is 0 Å². The number of nitrogens with zero attached hydrogens (tertiary/aromatic N) is 4. The first-order valence-corrected chi connectivity index (χ1v) is 9.24. The van der Waals surface area contributed by atoms with Gasteiger partial charge in [0.05, 0.1) is 22.1 Å². The molecule has 7 heteroatoms. The number of hydrogen-bond donors (Lipinski definition) is 0. The fraction of sp³-hybridized carbons (Fsp3) is 0.222. The summed E-state index contributed by atoms with van der Waals surface area (Å²) < 4.78 is 27.0. The van der Waals surface area contributed by atoms with Crippen molar-refractivity contribution in [2.45, 2.75) is 4.90 Å². The topological polar surface area (TPSA) is 88.2 Å². The molecule has 1 aliphatic rings. The summed E-state index contributed by atoms with van der Waals surface area (Å²) in [6.07, 6.45) is 0. The number of sulfonamides is 1. The molecule has 0 unspecified atom stereocenters. The highest BCUT2D eigenvalue weighted by Gasteiger charge is 2.30. The van der Waals surface area contributed by atoms with Gasteiger partial charge in [0.15, 0.2) is 0 Å². The maximum absolute atomic E-state index is 12.8. The summed E-state index contributed by atoms with van der Waals surface area (Å²) in [5, 5.41) is 18.0. The molecule has 2 aromatic rings. The molecule has 1 saturated heterocycles. The Balaban J connectivity index is 1.75. The van der Waals surface area contributed by atoms with E-state index in [1.165, 1.54) is 16.4 Å². The Bertz CT molecular complexity index is 948. The number of hydrogen-bond acceptors (Lipinski definition) is 5. The summed E-state index contributed by atoms with van der Waals surface area (Å²) in [5.41, 5.74) is 1.73. The standard InChI is InChI=1S/C18H16N4O2S/c19-13-15-5-7-17(8-6-15)21-9-11-22(12-10-21)25(23,24)18-4-2-1-3-16(18)14-20/h1-8H,9-12H2. The molecular formula is C18H16N4O2S. The molecule has 0 saturated carbocycles. The fourth-order valence-electron chi connectivity index (χ4n) is 2.86. The lowest BCUT2D eigenvalue weighted by molar-refractivity contribution is 0.385. The second-order valence-electron chi connectivity index (χ2n) is 5.66. The molecule has 0 aromatic heterocycles. The van der Waals surface area contributed by atoms with E-state index in [-0.39, 0.29) is 10.5 Å². The first-order valence-electron chi connectivity index (χ1n) is 7.80. The van der Waals surface area contributed by atoms with E-state index >= 15 is 0 Å². The summed E-state index contributed by atoms with van der Waals surface area (Å²) in [6, 6.07) is 17.5. The Labute approximate surface area is 147 Å². The van der Waals surface area contributed by atoms with Crippen molar-refractivity contribution in [1.82, 2.24) is 4.31 Å². The molecule has 25 heavy (non-hydrogen) atoms. The van der Waals surface area contributed by atoms with Crippen LogP contribution in [0.25, 0.3) is 0 Å². The summed E-state index contributed by atoms with van der Waals surface area (Å²) in [6.45, 7) is 1.81. The maximum Gasteiger partial charge on any atom is 0.244 e. The Hall–Kier alpha value is -2.87. The SMILES string of the molecule is N#Cc1ccc(N2CCN(S(=O)(=O)c3ccccc3C#N)CC2)cc1. The second-order valence-corrected chi connectivity index (χ2v) is 7.56. The maximum atomic E-state index is 12.8. The first-order chi connectivity index (χ1) is 12.1. The van der Waals surface area contributed by atoms with E-state index in [1.807, 2.05) is 18.2 Å². The number of rotatable bonds is 3. The average Bonchev–Trinajstić information content (AvgIpc) is 2.68. The molecule has 1 fully saturated rings. The monoisotopic (exact) mass is 352 g/mol. The third kappa shape index (κ3) is 3.34. The minimum absolute atomic E-state index is 0.0596. The number of anilines is 1. The van der Waals surface area contributed by atoms with E-state index < -0.39 is 10.0 Å². The zero-order valence-electron chi connectivity index (χ0n) is 13.5. The molecule has 0 atom stereocenters. The smallest absolute Gasteiger partial charge is 0.244 e. The van der Waals surface area contributed by atoms with E-state index in [4.69, 9.17) is 10.5 Å². The van der Waals surface area contributed by atoms with Crippen molar-refractivity contribution in [1.29, 1.82) is 10.5 Å². The van der Waals surface area contributed by atoms with Gasteiger partial charge in [-0.05, 0) is 36.4 Å². The number of nitriles is 2. The van der Waals surface area contributed by atoms with Crippen LogP contribution in [0.5, 0.6) is 0 Å². The highest BCUT2D eigenvalue weighted by atomic mass is 32.2. The van der Waals surface area contributed by atoms with Gasteiger partial charge in [0, 0.05) is 31.9 Å². The lowest BCUT2D eigenvalue weighted by Gasteiger charge is -2.35. The van der Waals surface area contributed by atoms with Crippen molar-refractivity contribution >= 4 is 15.7 Å². The van der Waals surface area contributed by atoms with Crippen LogP contribution in [0.4, 0.5) is 5.69 Å². The Morgan fingerprint density at radius 3 is 2.08 bits per heavy atom. The molecule has 1 aliphatic heterocycles. The molecule has 0 aliphatic carbocycles. The van der Waals surface area contributed by atoms with Crippen molar-refractivity contribution in [3.8, 4) is 12.1 Å². The van der Waals surface area contributed by atoms with Crippen LogP contribution in [0, 0.1) is 22.7 Å². The minimum Gasteiger partial charge on any atom is -0.369 e. The van der Waals surface area contributed by atoms with Crippen molar-refractivity contribution in [3.63, 3.8) is 0 Å². The summed E-state index contributed by atoms with van der Waals surface area (Å²) in [7, 11) is -3.68. The molecule has 6 nitrogen and oxygen atoms in total. The normalized spacial score (nSPS) is 15.4. The van der Waals surface area contributed by atoms with Crippen LogP contribution in [0.1, 0.15) is 11.1 Å². The van der Waals surface area contributed by atoms with Crippen LogP contribution in [0.3, 0.4) is 0 Å².